The van der Waals surface area contributed by atoms with Gasteiger partial charge in [-0.3, -0.25) is 4.79 Å². The molecule has 0 radical (unpaired) electrons. The smallest absolute Gasteiger partial charge is 0.132 e. The van der Waals surface area contributed by atoms with Crippen molar-refractivity contribution in [3.8, 4) is 11.8 Å². The van der Waals surface area contributed by atoms with Crippen LogP contribution in [0.1, 0.15) is 18.9 Å². The number of hydrogen-bond donors (Lipinski definition) is 1. The zero-order chi connectivity index (χ0) is 10.4. The van der Waals surface area contributed by atoms with E-state index < -0.39 is 0 Å². The first-order chi connectivity index (χ1) is 6.68. The molecule has 0 aliphatic heterocycles. The lowest BCUT2D eigenvalue weighted by Gasteiger charge is -1.98. The summed E-state index contributed by atoms with van der Waals surface area (Å²) in [6.45, 7) is 1.52. The van der Waals surface area contributed by atoms with Crippen molar-refractivity contribution < 1.29 is 4.79 Å². The zero-order valence-corrected chi connectivity index (χ0v) is 8.16. The van der Waals surface area contributed by atoms with Crippen LogP contribution >= 0.6 is 0 Å². The molecule has 0 aliphatic rings. The second-order valence-electron chi connectivity index (χ2n) is 3.15. The van der Waals surface area contributed by atoms with E-state index in [2.05, 4.69) is 11.8 Å². The van der Waals surface area contributed by atoms with Gasteiger partial charge in [0.05, 0.1) is 6.04 Å². The standard InChI is InChI=1S/C12H13NO/c1-10(14)9-12(13)8-7-11-5-3-2-4-6-11/h2-6,12H,9,13H2,1H3/t12-/m0/s1. The van der Waals surface area contributed by atoms with Crippen LogP contribution in [-0.2, 0) is 4.79 Å². The normalized spacial score (nSPS) is 11.3. The lowest BCUT2D eigenvalue weighted by Crippen LogP contribution is -2.20. The number of carbonyl (C=O) groups is 1. The maximum absolute atomic E-state index is 10.7. The van der Waals surface area contributed by atoms with Gasteiger partial charge in [-0.1, -0.05) is 30.0 Å². The molecule has 14 heavy (non-hydrogen) atoms. The molecule has 2 N–H and O–H groups in total. The summed E-state index contributed by atoms with van der Waals surface area (Å²) in [7, 11) is 0. The van der Waals surface area contributed by atoms with Crippen molar-refractivity contribution in [2.45, 2.75) is 19.4 Å². The molecule has 1 aromatic carbocycles. The maximum atomic E-state index is 10.7. The van der Waals surface area contributed by atoms with Gasteiger partial charge in [-0.25, -0.2) is 0 Å². The Morgan fingerprint density at radius 2 is 2.07 bits per heavy atom. The van der Waals surface area contributed by atoms with Crippen molar-refractivity contribution in [2.75, 3.05) is 0 Å². The molecule has 2 nitrogen and oxygen atoms in total. The van der Waals surface area contributed by atoms with Crippen molar-refractivity contribution in [2.24, 2.45) is 5.73 Å². The Morgan fingerprint density at radius 1 is 1.43 bits per heavy atom. The van der Waals surface area contributed by atoms with E-state index in [9.17, 15) is 4.79 Å². The predicted octanol–water partition coefficient (Wildman–Crippen LogP) is 1.34. The highest BCUT2D eigenvalue weighted by Gasteiger charge is 2.00. The molecule has 0 spiro atoms. The minimum atomic E-state index is -0.354. The van der Waals surface area contributed by atoms with Crippen molar-refractivity contribution in [1.29, 1.82) is 0 Å². The monoisotopic (exact) mass is 187 g/mol. The highest BCUT2D eigenvalue weighted by atomic mass is 16.1. The second-order valence-corrected chi connectivity index (χ2v) is 3.15. The fourth-order valence-electron chi connectivity index (χ4n) is 1.06. The average molecular weight is 187 g/mol. The molecule has 1 atom stereocenters. The third-order valence-electron chi connectivity index (χ3n) is 1.68. The summed E-state index contributed by atoms with van der Waals surface area (Å²) in [6.07, 6.45) is 0.319. The molecule has 0 heterocycles. The van der Waals surface area contributed by atoms with E-state index in [1.54, 1.807) is 0 Å². The van der Waals surface area contributed by atoms with Crippen LogP contribution in [0.4, 0.5) is 0 Å². The first kappa shape index (κ1) is 10.5. The molecule has 72 valence electrons. The fourth-order valence-corrected chi connectivity index (χ4v) is 1.06. The van der Waals surface area contributed by atoms with E-state index in [-0.39, 0.29) is 11.8 Å². The van der Waals surface area contributed by atoms with Gasteiger partial charge in [-0.2, -0.15) is 0 Å². The van der Waals surface area contributed by atoms with Gasteiger partial charge >= 0.3 is 0 Å². The molecule has 0 fully saturated rings. The molecule has 0 amide bonds. The second kappa shape index (κ2) is 5.21. The lowest BCUT2D eigenvalue weighted by atomic mass is 10.1. The molecule has 0 aromatic heterocycles. The highest BCUT2D eigenvalue weighted by molar-refractivity contribution is 5.76. The van der Waals surface area contributed by atoms with E-state index in [1.807, 2.05) is 30.3 Å². The zero-order valence-electron chi connectivity index (χ0n) is 8.16. The van der Waals surface area contributed by atoms with Gasteiger partial charge in [0.2, 0.25) is 0 Å². The van der Waals surface area contributed by atoms with Crippen LogP contribution in [0.2, 0.25) is 0 Å². The van der Waals surface area contributed by atoms with Crippen molar-refractivity contribution >= 4 is 5.78 Å². The van der Waals surface area contributed by atoms with E-state index in [1.165, 1.54) is 6.92 Å². The number of carbonyl (C=O) groups excluding carboxylic acids is 1. The summed E-state index contributed by atoms with van der Waals surface area (Å²) in [5, 5.41) is 0. The highest BCUT2D eigenvalue weighted by Crippen LogP contribution is 1.95. The number of hydrogen-bond acceptors (Lipinski definition) is 2. The Labute approximate surface area is 84.1 Å². The van der Waals surface area contributed by atoms with Crippen molar-refractivity contribution in [3.05, 3.63) is 35.9 Å². The van der Waals surface area contributed by atoms with Gasteiger partial charge in [0.15, 0.2) is 0 Å². The lowest BCUT2D eigenvalue weighted by molar-refractivity contribution is -0.117. The Hall–Kier alpha value is -1.59. The van der Waals surface area contributed by atoms with Crippen molar-refractivity contribution in [1.82, 2.24) is 0 Å². The van der Waals surface area contributed by atoms with E-state index in [4.69, 9.17) is 5.73 Å². The third-order valence-corrected chi connectivity index (χ3v) is 1.68. The molecular weight excluding hydrogens is 174 g/mol. The Kier molecular flexibility index (Phi) is 3.90. The largest absolute Gasteiger partial charge is 0.317 e. The maximum Gasteiger partial charge on any atom is 0.132 e. The van der Waals surface area contributed by atoms with Crippen LogP contribution < -0.4 is 5.73 Å². The van der Waals surface area contributed by atoms with E-state index in [0.29, 0.717) is 6.42 Å². The molecule has 1 aromatic rings. The first-order valence-corrected chi connectivity index (χ1v) is 4.50. The summed E-state index contributed by atoms with van der Waals surface area (Å²) >= 11 is 0. The van der Waals surface area contributed by atoms with Gasteiger partial charge in [0.25, 0.3) is 0 Å². The van der Waals surface area contributed by atoms with E-state index >= 15 is 0 Å². The SMILES string of the molecule is CC(=O)C[C@@H](N)C#Cc1ccccc1. The predicted molar refractivity (Wildman–Crippen MR) is 56.6 cm³/mol. The van der Waals surface area contributed by atoms with Crippen LogP contribution in [0.25, 0.3) is 0 Å². The summed E-state index contributed by atoms with van der Waals surface area (Å²) in [5.41, 5.74) is 6.55. The van der Waals surface area contributed by atoms with Gasteiger partial charge in [0, 0.05) is 12.0 Å². The fraction of sp³-hybridized carbons (Fsp3) is 0.250. The molecule has 0 saturated heterocycles. The molecule has 0 unspecified atom stereocenters. The molecular formula is C12H13NO. The minimum Gasteiger partial charge on any atom is -0.317 e. The summed E-state index contributed by atoms with van der Waals surface area (Å²) in [4.78, 5) is 10.7. The number of nitrogens with two attached hydrogens (primary N) is 1. The topological polar surface area (TPSA) is 43.1 Å². The Bertz CT molecular complexity index is 359. The number of Topliss-reactive ketones (excluding diaryl/α,β-unsaturated/α-hetero) is 1. The van der Waals surface area contributed by atoms with Gasteiger partial charge in [-0.15, -0.1) is 0 Å². The van der Waals surface area contributed by atoms with E-state index in [0.717, 1.165) is 5.56 Å². The Balaban J connectivity index is 2.60. The Morgan fingerprint density at radius 3 is 2.64 bits per heavy atom. The molecule has 0 bridgehead atoms. The number of benzene rings is 1. The van der Waals surface area contributed by atoms with Gasteiger partial charge in [0.1, 0.15) is 5.78 Å². The first-order valence-electron chi connectivity index (χ1n) is 4.50. The number of ketones is 1. The third kappa shape index (κ3) is 3.88. The summed E-state index contributed by atoms with van der Waals surface area (Å²) in [6, 6.07) is 9.23. The summed E-state index contributed by atoms with van der Waals surface area (Å²) < 4.78 is 0. The molecule has 2 heteroatoms. The van der Waals surface area contributed by atoms with Gasteiger partial charge in [-0.05, 0) is 19.1 Å². The molecule has 0 aliphatic carbocycles. The van der Waals surface area contributed by atoms with Crippen LogP contribution in [0, 0.1) is 11.8 Å². The average Bonchev–Trinajstić information content (AvgIpc) is 2.15. The quantitative estimate of drug-likeness (QED) is 0.710. The summed E-state index contributed by atoms with van der Waals surface area (Å²) in [5.74, 6) is 5.83. The van der Waals surface area contributed by atoms with Crippen LogP contribution in [-0.4, -0.2) is 11.8 Å². The minimum absolute atomic E-state index is 0.0693. The van der Waals surface area contributed by atoms with Crippen molar-refractivity contribution in [3.63, 3.8) is 0 Å². The van der Waals surface area contributed by atoms with Crippen LogP contribution in [0.15, 0.2) is 30.3 Å². The van der Waals surface area contributed by atoms with Crippen LogP contribution in [0.5, 0.6) is 0 Å². The molecule has 1 rings (SSSR count). The number of rotatable bonds is 2. The van der Waals surface area contributed by atoms with Crippen LogP contribution in [0.3, 0.4) is 0 Å². The van der Waals surface area contributed by atoms with Gasteiger partial charge < -0.3 is 5.73 Å². The molecule has 0 saturated carbocycles.